The topological polar surface area (TPSA) is 83.0 Å². The number of amides is 2. The Labute approximate surface area is 163 Å². The molecule has 2 fully saturated rings. The molecule has 0 bridgehead atoms. The van der Waals surface area contributed by atoms with Crippen molar-refractivity contribution in [2.45, 2.75) is 18.0 Å². The van der Waals surface area contributed by atoms with Crippen LogP contribution in [-0.2, 0) is 14.3 Å². The molecule has 0 saturated carbocycles. The van der Waals surface area contributed by atoms with Gasteiger partial charge in [-0.25, -0.2) is 0 Å². The van der Waals surface area contributed by atoms with E-state index in [1.165, 1.54) is 7.11 Å². The van der Waals surface area contributed by atoms with Crippen molar-refractivity contribution in [3.63, 3.8) is 0 Å². The Morgan fingerprint density at radius 1 is 1.25 bits per heavy atom. The number of carbonyl (C=O) groups is 2. The van der Waals surface area contributed by atoms with Gasteiger partial charge in [-0.05, 0) is 22.8 Å². The van der Waals surface area contributed by atoms with Gasteiger partial charge in [-0.3, -0.25) is 14.6 Å². The van der Waals surface area contributed by atoms with Gasteiger partial charge >= 0.3 is 0 Å². The molecule has 28 heavy (non-hydrogen) atoms. The molecule has 0 aliphatic carbocycles. The van der Waals surface area contributed by atoms with Crippen LogP contribution in [-0.4, -0.2) is 77.2 Å². The quantitative estimate of drug-likeness (QED) is 0.832. The minimum absolute atomic E-state index is 0.00459. The number of hydrogen-bond acceptors (Lipinski definition) is 5. The molecule has 2 amide bonds. The van der Waals surface area contributed by atoms with Crippen LogP contribution in [0.5, 0.6) is 0 Å². The van der Waals surface area contributed by atoms with Gasteiger partial charge in [0.05, 0.1) is 25.2 Å². The summed E-state index contributed by atoms with van der Waals surface area (Å²) < 4.78 is 4.92. The lowest BCUT2D eigenvalue weighted by molar-refractivity contribution is -0.168. The summed E-state index contributed by atoms with van der Waals surface area (Å²) in [6.07, 6.45) is 3.55. The van der Waals surface area contributed by atoms with E-state index in [2.05, 4.69) is 4.98 Å². The van der Waals surface area contributed by atoms with Crippen LogP contribution in [0, 0.1) is 0 Å². The molecular weight excluding hydrogens is 358 g/mol. The lowest BCUT2D eigenvalue weighted by Gasteiger charge is -2.58. The standard InChI is InChI=1S/C21H23N3O4/c1-28-13-20(27)23-10-17-21(18(12-25)24(17)19(26)11-23)15-6-4-14(5-7-15)16-3-2-8-22-9-16/h2-9,17-18,21,25H,10-13H2,1H3/t17-,18+,21+/m1/s1. The van der Waals surface area contributed by atoms with Crippen LogP contribution in [0.15, 0.2) is 48.8 Å². The van der Waals surface area contributed by atoms with Crippen molar-refractivity contribution < 1.29 is 19.4 Å². The van der Waals surface area contributed by atoms with Crippen LogP contribution in [0.25, 0.3) is 11.1 Å². The van der Waals surface area contributed by atoms with Crippen molar-refractivity contribution in [1.82, 2.24) is 14.8 Å². The first-order valence-electron chi connectivity index (χ1n) is 9.33. The third-order valence-corrected chi connectivity index (χ3v) is 5.66. The number of aliphatic hydroxyl groups excluding tert-OH is 1. The minimum Gasteiger partial charge on any atom is -0.394 e. The summed E-state index contributed by atoms with van der Waals surface area (Å²) in [6.45, 7) is 0.374. The number of ether oxygens (including phenoxy) is 1. The third kappa shape index (κ3) is 3.16. The lowest BCUT2D eigenvalue weighted by Crippen LogP contribution is -2.73. The van der Waals surface area contributed by atoms with E-state index in [-0.39, 0.29) is 49.6 Å². The van der Waals surface area contributed by atoms with E-state index >= 15 is 0 Å². The second-order valence-corrected chi connectivity index (χ2v) is 7.22. The van der Waals surface area contributed by atoms with Gasteiger partial charge in [-0.1, -0.05) is 30.3 Å². The highest BCUT2D eigenvalue weighted by atomic mass is 16.5. The minimum atomic E-state index is -0.249. The maximum absolute atomic E-state index is 12.5. The highest BCUT2D eigenvalue weighted by Gasteiger charge is 2.54. The first kappa shape index (κ1) is 18.6. The lowest BCUT2D eigenvalue weighted by atomic mass is 9.73. The molecule has 0 unspecified atom stereocenters. The molecular formula is C21H23N3O4. The zero-order valence-electron chi connectivity index (χ0n) is 15.7. The SMILES string of the molecule is COCC(=O)N1CC(=O)N2[C@H](C1)[C@H](c1ccc(-c3cccnc3)cc1)[C@@H]2CO. The van der Waals surface area contributed by atoms with Crippen molar-refractivity contribution >= 4 is 11.8 Å². The van der Waals surface area contributed by atoms with E-state index in [0.717, 1.165) is 16.7 Å². The Hall–Kier alpha value is -2.77. The maximum Gasteiger partial charge on any atom is 0.249 e. The van der Waals surface area contributed by atoms with Gasteiger partial charge < -0.3 is 19.6 Å². The number of fused-ring (bicyclic) bond motifs is 1. The van der Waals surface area contributed by atoms with Gasteiger partial charge in [0.25, 0.3) is 0 Å². The number of pyridine rings is 1. The molecule has 0 spiro atoms. The van der Waals surface area contributed by atoms with Crippen molar-refractivity contribution in [2.75, 3.05) is 33.4 Å². The van der Waals surface area contributed by atoms with E-state index < -0.39 is 0 Å². The Bertz CT molecular complexity index is 856. The second kappa shape index (κ2) is 7.69. The Morgan fingerprint density at radius 3 is 2.68 bits per heavy atom. The molecule has 146 valence electrons. The van der Waals surface area contributed by atoms with Gasteiger partial charge in [0, 0.05) is 32.0 Å². The highest BCUT2D eigenvalue weighted by molar-refractivity contribution is 5.88. The molecule has 2 aliphatic heterocycles. The number of aromatic nitrogens is 1. The molecule has 2 saturated heterocycles. The average Bonchev–Trinajstić information content (AvgIpc) is 2.71. The molecule has 1 N–H and O–H groups in total. The maximum atomic E-state index is 12.5. The molecule has 1 aromatic carbocycles. The molecule has 2 aromatic rings. The van der Waals surface area contributed by atoms with Crippen molar-refractivity contribution in [1.29, 1.82) is 0 Å². The summed E-state index contributed by atoms with van der Waals surface area (Å²) in [6, 6.07) is 11.7. The van der Waals surface area contributed by atoms with Crippen LogP contribution in [0.4, 0.5) is 0 Å². The summed E-state index contributed by atoms with van der Waals surface area (Å²) in [5, 5.41) is 9.86. The van der Waals surface area contributed by atoms with Gasteiger partial charge in [0.1, 0.15) is 6.61 Å². The summed E-state index contributed by atoms with van der Waals surface area (Å²) in [5.74, 6) is -0.313. The van der Waals surface area contributed by atoms with E-state index in [0.29, 0.717) is 6.54 Å². The second-order valence-electron chi connectivity index (χ2n) is 7.22. The fourth-order valence-corrected chi connectivity index (χ4v) is 4.34. The Balaban J connectivity index is 1.56. The van der Waals surface area contributed by atoms with Crippen molar-refractivity contribution in [2.24, 2.45) is 0 Å². The molecule has 7 heteroatoms. The van der Waals surface area contributed by atoms with Gasteiger partial charge in [0.15, 0.2) is 0 Å². The Morgan fingerprint density at radius 2 is 2.04 bits per heavy atom. The first-order chi connectivity index (χ1) is 13.6. The number of methoxy groups -OCH3 is 1. The van der Waals surface area contributed by atoms with Crippen LogP contribution in [0.2, 0.25) is 0 Å². The summed E-state index contributed by atoms with van der Waals surface area (Å²) in [4.78, 5) is 32.2. The molecule has 3 atom stereocenters. The monoisotopic (exact) mass is 381 g/mol. The van der Waals surface area contributed by atoms with Gasteiger partial charge in [-0.2, -0.15) is 0 Å². The number of piperazine rings is 1. The van der Waals surface area contributed by atoms with Gasteiger partial charge in [-0.15, -0.1) is 0 Å². The van der Waals surface area contributed by atoms with E-state index in [1.54, 1.807) is 16.0 Å². The zero-order chi connectivity index (χ0) is 19.7. The number of aliphatic hydroxyl groups is 1. The van der Waals surface area contributed by atoms with Crippen LogP contribution in [0.3, 0.4) is 0 Å². The van der Waals surface area contributed by atoms with Crippen LogP contribution < -0.4 is 0 Å². The summed E-state index contributed by atoms with van der Waals surface area (Å²) in [7, 11) is 1.47. The normalized spacial score (nSPS) is 23.9. The average molecular weight is 381 g/mol. The van der Waals surface area contributed by atoms with Crippen molar-refractivity contribution in [3.8, 4) is 11.1 Å². The summed E-state index contributed by atoms with van der Waals surface area (Å²) in [5.41, 5.74) is 3.15. The molecule has 2 aliphatic rings. The smallest absolute Gasteiger partial charge is 0.249 e. The van der Waals surface area contributed by atoms with E-state index in [9.17, 15) is 14.7 Å². The molecule has 0 radical (unpaired) electrons. The van der Waals surface area contributed by atoms with E-state index in [4.69, 9.17) is 4.74 Å². The fourth-order valence-electron chi connectivity index (χ4n) is 4.34. The van der Waals surface area contributed by atoms with E-state index in [1.807, 2.05) is 42.6 Å². The van der Waals surface area contributed by atoms with Crippen molar-refractivity contribution in [3.05, 3.63) is 54.4 Å². The first-order valence-corrected chi connectivity index (χ1v) is 9.33. The van der Waals surface area contributed by atoms with Crippen LogP contribution in [0.1, 0.15) is 11.5 Å². The van der Waals surface area contributed by atoms with Gasteiger partial charge in [0.2, 0.25) is 11.8 Å². The summed E-state index contributed by atoms with van der Waals surface area (Å²) >= 11 is 0. The predicted molar refractivity (Wildman–Crippen MR) is 102 cm³/mol. The fraction of sp³-hybridized carbons (Fsp3) is 0.381. The third-order valence-electron chi connectivity index (χ3n) is 5.66. The highest BCUT2D eigenvalue weighted by Crippen LogP contribution is 2.43. The number of hydrogen-bond donors (Lipinski definition) is 1. The number of rotatable bonds is 5. The molecule has 4 rings (SSSR count). The molecule has 1 aromatic heterocycles. The molecule has 7 nitrogen and oxygen atoms in total. The predicted octanol–water partition coefficient (Wildman–Crippen LogP) is 0.893. The van der Waals surface area contributed by atoms with Crippen LogP contribution >= 0.6 is 0 Å². The zero-order valence-corrected chi connectivity index (χ0v) is 15.7. The Kier molecular flexibility index (Phi) is 5.11. The number of benzene rings is 1. The largest absolute Gasteiger partial charge is 0.394 e. The number of nitrogens with zero attached hydrogens (tertiary/aromatic N) is 3. The molecule has 3 heterocycles. The number of carbonyl (C=O) groups excluding carboxylic acids is 2.